The van der Waals surface area contributed by atoms with E-state index in [-0.39, 0.29) is 0 Å². The lowest BCUT2D eigenvalue weighted by molar-refractivity contribution is 0.608. The van der Waals surface area contributed by atoms with E-state index in [1.54, 1.807) is 0 Å². The summed E-state index contributed by atoms with van der Waals surface area (Å²) in [5.74, 6) is 0.897. The van der Waals surface area contributed by atoms with Gasteiger partial charge in [-0.05, 0) is 44.9 Å². The van der Waals surface area contributed by atoms with Crippen LogP contribution in [0.4, 0.5) is 11.6 Å². The van der Waals surface area contributed by atoms with Gasteiger partial charge >= 0.3 is 0 Å². The number of hydrogen-bond donors (Lipinski definition) is 1. The molecule has 0 bridgehead atoms. The van der Waals surface area contributed by atoms with Crippen LogP contribution in [-0.4, -0.2) is 9.55 Å². The summed E-state index contributed by atoms with van der Waals surface area (Å²) < 4.78 is 2.13. The van der Waals surface area contributed by atoms with Gasteiger partial charge in [-0.1, -0.05) is 12.1 Å². The first kappa shape index (κ1) is 11.7. The zero-order valence-corrected chi connectivity index (χ0v) is 10.9. The van der Waals surface area contributed by atoms with E-state index < -0.39 is 0 Å². The molecule has 2 rings (SSSR count). The topological polar surface area (TPSA) is 29.9 Å². The van der Waals surface area contributed by atoms with Crippen LogP contribution < -0.4 is 5.32 Å². The van der Waals surface area contributed by atoms with Crippen LogP contribution >= 0.6 is 0 Å². The van der Waals surface area contributed by atoms with E-state index in [0.29, 0.717) is 6.04 Å². The van der Waals surface area contributed by atoms with Gasteiger partial charge < -0.3 is 9.88 Å². The Hall–Kier alpha value is -1.77. The second-order valence-corrected chi connectivity index (χ2v) is 4.62. The number of anilines is 2. The second-order valence-electron chi connectivity index (χ2n) is 4.62. The molecule has 3 heteroatoms. The quantitative estimate of drug-likeness (QED) is 0.867. The number of aromatic nitrogens is 2. The molecular formula is C14H19N3. The molecule has 1 heterocycles. The fraction of sp³-hybridized carbons (Fsp3) is 0.357. The van der Waals surface area contributed by atoms with Crippen molar-refractivity contribution in [2.75, 3.05) is 5.32 Å². The molecule has 0 aliphatic rings. The standard InChI is InChI=1S/C14H19N3/c1-10(2)17-9-8-15-14(17)16-13-7-5-6-11(3)12(13)4/h5-10H,1-4H3,(H,15,16). The maximum atomic E-state index is 4.36. The average molecular weight is 229 g/mol. The highest BCUT2D eigenvalue weighted by atomic mass is 15.2. The van der Waals surface area contributed by atoms with Gasteiger partial charge in [0.15, 0.2) is 0 Å². The minimum atomic E-state index is 0.408. The minimum absolute atomic E-state index is 0.408. The lowest BCUT2D eigenvalue weighted by atomic mass is 10.1. The van der Waals surface area contributed by atoms with E-state index in [1.807, 2.05) is 12.4 Å². The Balaban J connectivity index is 2.32. The minimum Gasteiger partial charge on any atom is -0.325 e. The van der Waals surface area contributed by atoms with Crippen LogP contribution in [0.25, 0.3) is 0 Å². The zero-order chi connectivity index (χ0) is 12.4. The van der Waals surface area contributed by atoms with E-state index in [1.165, 1.54) is 11.1 Å². The summed E-state index contributed by atoms with van der Waals surface area (Å²) in [5, 5.41) is 3.39. The molecule has 0 radical (unpaired) electrons. The Bertz CT molecular complexity index is 512. The summed E-state index contributed by atoms with van der Waals surface area (Å²) in [6.07, 6.45) is 3.82. The third kappa shape index (κ3) is 2.33. The first-order valence-electron chi connectivity index (χ1n) is 5.95. The monoisotopic (exact) mass is 229 g/mol. The van der Waals surface area contributed by atoms with Crippen LogP contribution in [0.5, 0.6) is 0 Å². The van der Waals surface area contributed by atoms with Gasteiger partial charge in [0.25, 0.3) is 0 Å². The Morgan fingerprint density at radius 2 is 2.00 bits per heavy atom. The average Bonchev–Trinajstić information content (AvgIpc) is 2.73. The number of benzene rings is 1. The Morgan fingerprint density at radius 1 is 1.24 bits per heavy atom. The maximum Gasteiger partial charge on any atom is 0.207 e. The van der Waals surface area contributed by atoms with E-state index in [2.05, 4.69) is 60.8 Å². The number of nitrogens with zero attached hydrogens (tertiary/aromatic N) is 2. The Morgan fingerprint density at radius 3 is 2.71 bits per heavy atom. The molecule has 3 nitrogen and oxygen atoms in total. The first-order chi connectivity index (χ1) is 8.09. The second kappa shape index (κ2) is 4.62. The molecule has 0 unspecified atom stereocenters. The van der Waals surface area contributed by atoms with Crippen molar-refractivity contribution < 1.29 is 0 Å². The number of hydrogen-bond acceptors (Lipinski definition) is 2. The van der Waals surface area contributed by atoms with Crippen LogP contribution in [0.1, 0.15) is 31.0 Å². The molecule has 0 amide bonds. The van der Waals surface area contributed by atoms with E-state index in [4.69, 9.17) is 0 Å². The molecule has 0 spiro atoms. The number of imidazole rings is 1. The highest BCUT2D eigenvalue weighted by Crippen LogP contribution is 2.23. The summed E-state index contributed by atoms with van der Waals surface area (Å²) >= 11 is 0. The zero-order valence-electron chi connectivity index (χ0n) is 10.9. The Labute approximate surface area is 103 Å². The predicted octanol–water partition coefficient (Wildman–Crippen LogP) is 3.82. The summed E-state index contributed by atoms with van der Waals surface area (Å²) in [7, 11) is 0. The normalized spacial score (nSPS) is 10.9. The molecule has 0 aliphatic heterocycles. The summed E-state index contributed by atoms with van der Waals surface area (Å²) in [6.45, 7) is 8.54. The van der Waals surface area contributed by atoms with E-state index >= 15 is 0 Å². The number of aryl methyl sites for hydroxylation is 1. The number of nitrogens with one attached hydrogen (secondary N) is 1. The fourth-order valence-corrected chi connectivity index (χ4v) is 1.83. The third-order valence-electron chi connectivity index (χ3n) is 3.08. The van der Waals surface area contributed by atoms with E-state index in [0.717, 1.165) is 11.6 Å². The molecule has 0 saturated carbocycles. The molecule has 1 aromatic carbocycles. The fourth-order valence-electron chi connectivity index (χ4n) is 1.83. The SMILES string of the molecule is Cc1cccc(Nc2nccn2C(C)C)c1C. The molecule has 1 aromatic heterocycles. The predicted molar refractivity (Wildman–Crippen MR) is 71.8 cm³/mol. The lowest BCUT2D eigenvalue weighted by Gasteiger charge is -2.15. The summed E-state index contributed by atoms with van der Waals surface area (Å²) in [4.78, 5) is 4.36. The van der Waals surface area contributed by atoms with Crippen LogP contribution in [-0.2, 0) is 0 Å². The van der Waals surface area contributed by atoms with Crippen molar-refractivity contribution in [3.8, 4) is 0 Å². The van der Waals surface area contributed by atoms with Crippen molar-refractivity contribution in [2.45, 2.75) is 33.7 Å². The smallest absolute Gasteiger partial charge is 0.207 e. The van der Waals surface area contributed by atoms with Gasteiger partial charge in [0, 0.05) is 24.1 Å². The van der Waals surface area contributed by atoms with Gasteiger partial charge in [0.2, 0.25) is 5.95 Å². The molecule has 17 heavy (non-hydrogen) atoms. The highest BCUT2D eigenvalue weighted by Gasteiger charge is 2.07. The third-order valence-corrected chi connectivity index (χ3v) is 3.08. The van der Waals surface area contributed by atoms with Crippen LogP contribution in [0, 0.1) is 13.8 Å². The Kier molecular flexibility index (Phi) is 3.18. The van der Waals surface area contributed by atoms with Gasteiger partial charge in [-0.2, -0.15) is 0 Å². The van der Waals surface area contributed by atoms with Crippen LogP contribution in [0.2, 0.25) is 0 Å². The molecule has 0 fully saturated rings. The largest absolute Gasteiger partial charge is 0.325 e. The highest BCUT2D eigenvalue weighted by molar-refractivity contribution is 5.60. The van der Waals surface area contributed by atoms with Crippen LogP contribution in [0.3, 0.4) is 0 Å². The molecule has 1 N–H and O–H groups in total. The number of rotatable bonds is 3. The van der Waals surface area contributed by atoms with Crippen molar-refractivity contribution >= 4 is 11.6 Å². The van der Waals surface area contributed by atoms with E-state index in [9.17, 15) is 0 Å². The summed E-state index contributed by atoms with van der Waals surface area (Å²) in [5.41, 5.74) is 3.68. The molecule has 2 aromatic rings. The van der Waals surface area contributed by atoms with Gasteiger partial charge in [0.05, 0.1) is 0 Å². The van der Waals surface area contributed by atoms with Gasteiger partial charge in [-0.25, -0.2) is 4.98 Å². The maximum absolute atomic E-state index is 4.36. The van der Waals surface area contributed by atoms with Crippen molar-refractivity contribution in [2.24, 2.45) is 0 Å². The molecule has 0 atom stereocenters. The lowest BCUT2D eigenvalue weighted by Crippen LogP contribution is -2.06. The van der Waals surface area contributed by atoms with Gasteiger partial charge in [-0.15, -0.1) is 0 Å². The molecule has 90 valence electrons. The summed E-state index contributed by atoms with van der Waals surface area (Å²) in [6, 6.07) is 6.68. The van der Waals surface area contributed by atoms with Crippen molar-refractivity contribution in [3.63, 3.8) is 0 Å². The van der Waals surface area contributed by atoms with Gasteiger partial charge in [-0.3, -0.25) is 0 Å². The molecule has 0 saturated heterocycles. The molecular weight excluding hydrogens is 210 g/mol. The van der Waals surface area contributed by atoms with Crippen LogP contribution in [0.15, 0.2) is 30.6 Å². The molecule has 0 aliphatic carbocycles. The van der Waals surface area contributed by atoms with Crippen molar-refractivity contribution in [3.05, 3.63) is 41.7 Å². The van der Waals surface area contributed by atoms with Gasteiger partial charge in [0.1, 0.15) is 0 Å². The van der Waals surface area contributed by atoms with Crippen molar-refractivity contribution in [1.29, 1.82) is 0 Å². The van der Waals surface area contributed by atoms with Crippen molar-refractivity contribution in [1.82, 2.24) is 9.55 Å². The first-order valence-corrected chi connectivity index (χ1v) is 5.95.